The summed E-state index contributed by atoms with van der Waals surface area (Å²) < 4.78 is 14.9. The van der Waals surface area contributed by atoms with Gasteiger partial charge in [-0.25, -0.2) is 9.36 Å². The molecule has 0 aliphatic carbocycles. The number of aromatic nitrogens is 4. The summed E-state index contributed by atoms with van der Waals surface area (Å²) in [5, 5.41) is 8.61. The third-order valence-electron chi connectivity index (χ3n) is 8.15. The Morgan fingerprint density at radius 3 is 1.83 bits per heavy atom. The summed E-state index contributed by atoms with van der Waals surface area (Å²) >= 11 is 0. The molecule has 0 saturated heterocycles. The van der Waals surface area contributed by atoms with Gasteiger partial charge in [-0.1, -0.05) is 103 Å². The zero-order valence-electron chi connectivity index (χ0n) is 25.5. The molecule has 1 N–H and O–H groups in total. The van der Waals surface area contributed by atoms with Crippen LogP contribution >= 0.6 is 0 Å². The molecule has 0 fully saturated rings. The normalized spacial score (nSPS) is 11.7. The van der Waals surface area contributed by atoms with Crippen molar-refractivity contribution in [2.75, 3.05) is 14.2 Å². The van der Waals surface area contributed by atoms with Crippen molar-refractivity contribution in [3.8, 4) is 45.4 Å². The standard InChI is InChI=1S/C39H32N4O3/c1-45-33-24-23-29(25-34(33)46-2)35(32-26-42(30-19-11-5-12-20-30)40-37(32)27-15-7-3-8-16-27)36-38(28-17-9-4-10-18-28)41-43(39(36)44)31-21-13-6-14-22-31/h3-26,35,41H,1-2H3. The molecule has 7 aromatic rings. The molecule has 1 unspecified atom stereocenters. The summed E-state index contributed by atoms with van der Waals surface area (Å²) in [5.74, 6) is 0.630. The second-order valence-corrected chi connectivity index (χ2v) is 10.9. The van der Waals surface area contributed by atoms with Crippen molar-refractivity contribution in [2.24, 2.45) is 0 Å². The number of H-pyrrole nitrogens is 1. The summed E-state index contributed by atoms with van der Waals surface area (Å²) in [6.07, 6.45) is 2.03. The molecular formula is C39H32N4O3. The molecule has 46 heavy (non-hydrogen) atoms. The minimum Gasteiger partial charge on any atom is -0.493 e. The molecule has 0 amide bonds. The zero-order valence-corrected chi connectivity index (χ0v) is 25.5. The van der Waals surface area contributed by atoms with Gasteiger partial charge < -0.3 is 9.47 Å². The first-order valence-corrected chi connectivity index (χ1v) is 15.0. The van der Waals surface area contributed by atoms with Gasteiger partial charge >= 0.3 is 0 Å². The number of ether oxygens (including phenoxy) is 2. The van der Waals surface area contributed by atoms with Crippen LogP contribution < -0.4 is 15.0 Å². The SMILES string of the molecule is COc1ccc(C(c2cn(-c3ccccc3)nc2-c2ccccc2)c2c(-c3ccccc3)[nH]n(-c3ccccc3)c2=O)cc1OC. The monoisotopic (exact) mass is 604 g/mol. The van der Waals surface area contributed by atoms with Crippen LogP contribution in [-0.4, -0.2) is 33.8 Å². The fraction of sp³-hybridized carbons (Fsp3) is 0.0769. The maximum absolute atomic E-state index is 14.8. The van der Waals surface area contributed by atoms with Crippen molar-refractivity contribution < 1.29 is 9.47 Å². The predicted octanol–water partition coefficient (Wildman–Crippen LogP) is 7.88. The van der Waals surface area contributed by atoms with E-state index in [1.54, 1.807) is 18.9 Å². The van der Waals surface area contributed by atoms with Gasteiger partial charge in [0.2, 0.25) is 0 Å². The van der Waals surface area contributed by atoms with Gasteiger partial charge in [-0.3, -0.25) is 9.89 Å². The lowest BCUT2D eigenvalue weighted by atomic mass is 9.83. The van der Waals surface area contributed by atoms with Crippen molar-refractivity contribution >= 4 is 0 Å². The van der Waals surface area contributed by atoms with E-state index >= 15 is 0 Å². The molecule has 7 heteroatoms. The lowest BCUT2D eigenvalue weighted by molar-refractivity contribution is 0.354. The van der Waals surface area contributed by atoms with Gasteiger partial charge in [-0.15, -0.1) is 0 Å². The summed E-state index contributed by atoms with van der Waals surface area (Å²) in [6.45, 7) is 0. The minimum absolute atomic E-state index is 0.156. The molecule has 0 aliphatic rings. The highest BCUT2D eigenvalue weighted by atomic mass is 16.5. The van der Waals surface area contributed by atoms with Crippen LogP contribution in [0.3, 0.4) is 0 Å². The third-order valence-corrected chi connectivity index (χ3v) is 8.15. The Morgan fingerprint density at radius 1 is 0.652 bits per heavy atom. The van der Waals surface area contributed by atoms with Crippen molar-refractivity contribution in [2.45, 2.75) is 5.92 Å². The van der Waals surface area contributed by atoms with Crippen LogP contribution in [0, 0.1) is 0 Å². The number of rotatable bonds is 9. The number of para-hydroxylation sites is 2. The molecule has 1 atom stereocenters. The summed E-state index contributed by atoms with van der Waals surface area (Å²) in [7, 11) is 3.23. The third kappa shape index (κ3) is 5.28. The zero-order chi connectivity index (χ0) is 31.5. The summed E-state index contributed by atoms with van der Waals surface area (Å²) in [4.78, 5) is 14.8. The molecular weight excluding hydrogens is 572 g/mol. The average molecular weight is 605 g/mol. The molecule has 0 aliphatic heterocycles. The summed E-state index contributed by atoms with van der Waals surface area (Å²) in [6, 6.07) is 45.5. The van der Waals surface area contributed by atoms with E-state index in [2.05, 4.69) is 5.10 Å². The van der Waals surface area contributed by atoms with Crippen molar-refractivity contribution in [1.29, 1.82) is 0 Å². The fourth-order valence-electron chi connectivity index (χ4n) is 5.97. The van der Waals surface area contributed by atoms with E-state index < -0.39 is 5.92 Å². The van der Waals surface area contributed by atoms with E-state index in [-0.39, 0.29) is 5.56 Å². The van der Waals surface area contributed by atoms with E-state index in [0.717, 1.165) is 45.0 Å². The maximum atomic E-state index is 14.8. The van der Waals surface area contributed by atoms with Crippen LogP contribution in [0.15, 0.2) is 151 Å². The number of benzene rings is 5. The van der Waals surface area contributed by atoms with Gasteiger partial charge in [0, 0.05) is 23.2 Å². The first-order valence-electron chi connectivity index (χ1n) is 15.0. The fourth-order valence-corrected chi connectivity index (χ4v) is 5.97. The quantitative estimate of drug-likeness (QED) is 0.182. The second-order valence-electron chi connectivity index (χ2n) is 10.9. The molecule has 0 saturated carbocycles. The van der Waals surface area contributed by atoms with Crippen molar-refractivity contribution in [3.63, 3.8) is 0 Å². The van der Waals surface area contributed by atoms with Gasteiger partial charge in [0.15, 0.2) is 11.5 Å². The molecule has 5 aromatic carbocycles. The van der Waals surface area contributed by atoms with Gasteiger partial charge in [-0.2, -0.15) is 5.10 Å². The Labute approximate surface area is 266 Å². The van der Waals surface area contributed by atoms with Crippen LogP contribution in [0.25, 0.3) is 33.9 Å². The van der Waals surface area contributed by atoms with Gasteiger partial charge in [0.1, 0.15) is 0 Å². The van der Waals surface area contributed by atoms with E-state index in [1.165, 1.54) is 0 Å². The minimum atomic E-state index is -0.545. The van der Waals surface area contributed by atoms with E-state index in [0.29, 0.717) is 17.1 Å². The van der Waals surface area contributed by atoms with Crippen molar-refractivity contribution in [3.05, 3.63) is 173 Å². The Hall–Kier alpha value is -6.08. The highest BCUT2D eigenvalue weighted by Crippen LogP contribution is 2.42. The second kappa shape index (κ2) is 12.5. The first kappa shape index (κ1) is 28.7. The Balaban J connectivity index is 1.58. The van der Waals surface area contributed by atoms with Gasteiger partial charge in [-0.05, 0) is 47.5 Å². The molecule has 7 rings (SSSR count). The number of hydrogen-bond acceptors (Lipinski definition) is 4. The number of hydrogen-bond donors (Lipinski definition) is 1. The van der Waals surface area contributed by atoms with Crippen molar-refractivity contribution in [1.82, 2.24) is 19.6 Å². The Kier molecular flexibility index (Phi) is 7.79. The molecule has 226 valence electrons. The number of nitrogens with zero attached hydrogens (tertiary/aromatic N) is 3. The lowest BCUT2D eigenvalue weighted by Gasteiger charge is -2.20. The molecule has 7 nitrogen and oxygen atoms in total. The van der Waals surface area contributed by atoms with Crippen LogP contribution in [0.2, 0.25) is 0 Å². The molecule has 0 bridgehead atoms. The highest BCUT2D eigenvalue weighted by Gasteiger charge is 2.32. The van der Waals surface area contributed by atoms with Crippen LogP contribution in [0.1, 0.15) is 22.6 Å². The van der Waals surface area contributed by atoms with Gasteiger partial charge in [0.05, 0.1) is 42.5 Å². The summed E-state index contributed by atoms with van der Waals surface area (Å²) in [5.41, 5.74) is 7.15. The lowest BCUT2D eigenvalue weighted by Crippen LogP contribution is -2.20. The average Bonchev–Trinajstić information content (AvgIpc) is 3.72. The van der Waals surface area contributed by atoms with E-state index in [9.17, 15) is 4.79 Å². The number of methoxy groups -OCH3 is 2. The van der Waals surface area contributed by atoms with E-state index in [1.807, 2.05) is 150 Å². The Bertz CT molecular complexity index is 2130. The topological polar surface area (TPSA) is 74.1 Å². The van der Waals surface area contributed by atoms with Gasteiger partial charge in [0.25, 0.3) is 5.56 Å². The molecule has 0 spiro atoms. The maximum Gasteiger partial charge on any atom is 0.276 e. The van der Waals surface area contributed by atoms with Crippen LogP contribution in [-0.2, 0) is 0 Å². The van der Waals surface area contributed by atoms with Crippen LogP contribution in [0.5, 0.6) is 11.5 Å². The van der Waals surface area contributed by atoms with Crippen LogP contribution in [0.4, 0.5) is 0 Å². The first-order chi connectivity index (χ1) is 22.7. The number of aromatic amines is 1. The highest BCUT2D eigenvalue weighted by molar-refractivity contribution is 5.72. The van der Waals surface area contributed by atoms with E-state index in [4.69, 9.17) is 14.6 Å². The Morgan fingerprint density at radius 2 is 1.22 bits per heavy atom. The molecule has 2 aromatic heterocycles. The molecule has 0 radical (unpaired) electrons. The molecule has 2 heterocycles. The number of nitrogens with one attached hydrogen (secondary N) is 1. The predicted molar refractivity (Wildman–Crippen MR) is 181 cm³/mol. The largest absolute Gasteiger partial charge is 0.493 e. The smallest absolute Gasteiger partial charge is 0.276 e.